The van der Waals surface area contributed by atoms with E-state index in [1.54, 1.807) is 6.20 Å². The standard InChI is InChI=1S/C15H22ClN5/c1-5-7-17-14(15-12(16)9-18-21(15)4)11-8-10(3)19-20-13(11)6-2/h8-9,14,17H,5-7H2,1-4H3. The van der Waals surface area contributed by atoms with E-state index < -0.39 is 0 Å². The van der Waals surface area contributed by atoms with Gasteiger partial charge in [-0.2, -0.15) is 15.3 Å². The van der Waals surface area contributed by atoms with Gasteiger partial charge in [-0.1, -0.05) is 25.4 Å². The van der Waals surface area contributed by atoms with Crippen molar-refractivity contribution in [1.82, 2.24) is 25.3 Å². The summed E-state index contributed by atoms with van der Waals surface area (Å²) in [6.07, 6.45) is 3.57. The van der Waals surface area contributed by atoms with E-state index in [-0.39, 0.29) is 6.04 Å². The van der Waals surface area contributed by atoms with Crippen LogP contribution in [0.25, 0.3) is 0 Å². The number of hydrogen-bond acceptors (Lipinski definition) is 4. The van der Waals surface area contributed by atoms with Gasteiger partial charge in [0.05, 0.1) is 34.3 Å². The Morgan fingerprint density at radius 3 is 2.67 bits per heavy atom. The van der Waals surface area contributed by atoms with E-state index in [1.165, 1.54) is 0 Å². The first kappa shape index (κ1) is 15.9. The zero-order chi connectivity index (χ0) is 15.4. The Labute approximate surface area is 130 Å². The van der Waals surface area contributed by atoms with Crippen LogP contribution in [0, 0.1) is 6.92 Å². The van der Waals surface area contributed by atoms with Crippen LogP contribution >= 0.6 is 11.6 Å². The Bertz CT molecular complexity index is 589. The second kappa shape index (κ2) is 7.00. The van der Waals surface area contributed by atoms with Crippen LogP contribution in [0.1, 0.15) is 49.0 Å². The number of halogens is 1. The lowest BCUT2D eigenvalue weighted by atomic mass is 10.00. The van der Waals surface area contributed by atoms with Crippen LogP contribution in [0.2, 0.25) is 5.02 Å². The fourth-order valence-electron chi connectivity index (χ4n) is 2.45. The molecule has 0 spiro atoms. The minimum atomic E-state index is -0.0194. The molecule has 0 bridgehead atoms. The van der Waals surface area contributed by atoms with Gasteiger partial charge in [0.25, 0.3) is 0 Å². The molecule has 1 unspecified atom stereocenters. The summed E-state index contributed by atoms with van der Waals surface area (Å²) in [5, 5.41) is 17.0. The quantitative estimate of drug-likeness (QED) is 0.891. The van der Waals surface area contributed by atoms with Gasteiger partial charge in [0.2, 0.25) is 0 Å². The van der Waals surface area contributed by atoms with Crippen molar-refractivity contribution in [3.8, 4) is 0 Å². The summed E-state index contributed by atoms with van der Waals surface area (Å²) in [5.74, 6) is 0. The Kier molecular flexibility index (Phi) is 5.31. The molecular formula is C15H22ClN5. The SMILES string of the molecule is CCCNC(c1cc(C)nnc1CC)c1c(Cl)cnn1C. The summed E-state index contributed by atoms with van der Waals surface area (Å²) in [4.78, 5) is 0. The van der Waals surface area contributed by atoms with Crippen molar-refractivity contribution in [1.29, 1.82) is 0 Å². The fraction of sp³-hybridized carbons (Fsp3) is 0.533. The minimum absolute atomic E-state index is 0.0194. The molecule has 1 N–H and O–H groups in total. The molecule has 2 aromatic heterocycles. The van der Waals surface area contributed by atoms with Gasteiger partial charge in [0, 0.05) is 12.6 Å². The molecule has 2 heterocycles. The second-order valence-corrected chi connectivity index (χ2v) is 5.54. The third-order valence-corrected chi connectivity index (χ3v) is 3.77. The molecule has 21 heavy (non-hydrogen) atoms. The Hall–Kier alpha value is -1.46. The first-order valence-corrected chi connectivity index (χ1v) is 7.70. The highest BCUT2D eigenvalue weighted by Gasteiger charge is 2.23. The monoisotopic (exact) mass is 307 g/mol. The molecule has 6 heteroatoms. The number of rotatable bonds is 6. The van der Waals surface area contributed by atoms with Crippen LogP contribution in [-0.4, -0.2) is 26.5 Å². The fourth-order valence-corrected chi connectivity index (χ4v) is 2.72. The molecule has 114 valence electrons. The van der Waals surface area contributed by atoms with E-state index in [1.807, 2.05) is 18.7 Å². The lowest BCUT2D eigenvalue weighted by Gasteiger charge is -2.22. The van der Waals surface area contributed by atoms with Crippen molar-refractivity contribution in [2.45, 2.75) is 39.7 Å². The maximum absolute atomic E-state index is 6.34. The van der Waals surface area contributed by atoms with Crippen LogP contribution in [-0.2, 0) is 13.5 Å². The predicted molar refractivity (Wildman–Crippen MR) is 84.5 cm³/mol. The molecular weight excluding hydrogens is 286 g/mol. The van der Waals surface area contributed by atoms with Crippen molar-refractivity contribution in [3.63, 3.8) is 0 Å². The van der Waals surface area contributed by atoms with E-state index in [0.29, 0.717) is 5.02 Å². The van der Waals surface area contributed by atoms with Crippen LogP contribution in [0.15, 0.2) is 12.3 Å². The maximum atomic E-state index is 6.34. The zero-order valence-corrected chi connectivity index (χ0v) is 13.8. The molecule has 0 aromatic carbocycles. The largest absolute Gasteiger partial charge is 0.305 e. The topological polar surface area (TPSA) is 55.6 Å². The van der Waals surface area contributed by atoms with Crippen molar-refractivity contribution in [2.75, 3.05) is 6.54 Å². The maximum Gasteiger partial charge on any atom is 0.0837 e. The average Bonchev–Trinajstić information content (AvgIpc) is 2.80. The lowest BCUT2D eigenvalue weighted by molar-refractivity contribution is 0.546. The number of aryl methyl sites for hydroxylation is 3. The van der Waals surface area contributed by atoms with Gasteiger partial charge in [-0.15, -0.1) is 0 Å². The van der Waals surface area contributed by atoms with E-state index in [2.05, 4.69) is 40.5 Å². The molecule has 0 amide bonds. The summed E-state index contributed by atoms with van der Waals surface area (Å²) in [6, 6.07) is 2.07. The highest BCUT2D eigenvalue weighted by atomic mass is 35.5. The van der Waals surface area contributed by atoms with E-state index in [9.17, 15) is 0 Å². The summed E-state index contributed by atoms with van der Waals surface area (Å²) in [7, 11) is 1.91. The van der Waals surface area contributed by atoms with Gasteiger partial charge in [-0.25, -0.2) is 0 Å². The van der Waals surface area contributed by atoms with E-state index in [4.69, 9.17) is 11.6 Å². The molecule has 0 aliphatic rings. The molecule has 0 saturated heterocycles. The Morgan fingerprint density at radius 2 is 2.10 bits per heavy atom. The van der Waals surface area contributed by atoms with Crippen LogP contribution < -0.4 is 5.32 Å². The average molecular weight is 308 g/mol. The van der Waals surface area contributed by atoms with Gasteiger partial charge in [-0.05, 0) is 32.4 Å². The van der Waals surface area contributed by atoms with Gasteiger partial charge >= 0.3 is 0 Å². The normalized spacial score (nSPS) is 12.6. The Morgan fingerprint density at radius 1 is 1.33 bits per heavy atom. The Balaban J connectivity index is 2.53. The summed E-state index contributed by atoms with van der Waals surface area (Å²) in [5.41, 5.74) is 3.99. The molecule has 0 aliphatic heterocycles. The first-order chi connectivity index (χ1) is 10.1. The number of nitrogens with zero attached hydrogens (tertiary/aromatic N) is 4. The van der Waals surface area contributed by atoms with Crippen LogP contribution in [0.5, 0.6) is 0 Å². The third kappa shape index (κ3) is 3.41. The molecule has 0 saturated carbocycles. The van der Waals surface area contributed by atoms with Gasteiger partial charge in [0.15, 0.2) is 0 Å². The van der Waals surface area contributed by atoms with Gasteiger partial charge in [-0.3, -0.25) is 4.68 Å². The number of hydrogen-bond donors (Lipinski definition) is 1. The van der Waals surface area contributed by atoms with Crippen LogP contribution in [0.3, 0.4) is 0 Å². The zero-order valence-electron chi connectivity index (χ0n) is 13.0. The number of aromatic nitrogens is 4. The second-order valence-electron chi connectivity index (χ2n) is 5.13. The van der Waals surface area contributed by atoms with Crippen molar-refractivity contribution < 1.29 is 0 Å². The molecule has 1 atom stereocenters. The molecule has 5 nitrogen and oxygen atoms in total. The van der Waals surface area contributed by atoms with Gasteiger partial charge in [0.1, 0.15) is 0 Å². The summed E-state index contributed by atoms with van der Waals surface area (Å²) >= 11 is 6.34. The summed E-state index contributed by atoms with van der Waals surface area (Å²) < 4.78 is 1.82. The number of nitrogens with one attached hydrogen (secondary N) is 1. The highest BCUT2D eigenvalue weighted by molar-refractivity contribution is 6.31. The summed E-state index contributed by atoms with van der Waals surface area (Å²) in [6.45, 7) is 7.09. The molecule has 2 aromatic rings. The van der Waals surface area contributed by atoms with Crippen molar-refractivity contribution in [2.24, 2.45) is 7.05 Å². The molecule has 0 radical (unpaired) electrons. The minimum Gasteiger partial charge on any atom is -0.305 e. The van der Waals surface area contributed by atoms with Crippen molar-refractivity contribution >= 4 is 11.6 Å². The molecule has 0 aliphatic carbocycles. The van der Waals surface area contributed by atoms with E-state index >= 15 is 0 Å². The van der Waals surface area contributed by atoms with E-state index in [0.717, 1.165) is 42.0 Å². The lowest BCUT2D eigenvalue weighted by Crippen LogP contribution is -2.27. The predicted octanol–water partition coefficient (Wildman–Crippen LogP) is 2.82. The third-order valence-electron chi connectivity index (χ3n) is 3.48. The van der Waals surface area contributed by atoms with Gasteiger partial charge < -0.3 is 5.32 Å². The van der Waals surface area contributed by atoms with Crippen LogP contribution in [0.4, 0.5) is 0 Å². The smallest absolute Gasteiger partial charge is 0.0837 e. The molecule has 2 rings (SSSR count). The van der Waals surface area contributed by atoms with Crippen molar-refractivity contribution in [3.05, 3.63) is 39.9 Å². The molecule has 0 fully saturated rings. The first-order valence-electron chi connectivity index (χ1n) is 7.32. The highest BCUT2D eigenvalue weighted by Crippen LogP contribution is 2.29.